The highest BCUT2D eigenvalue weighted by atomic mass is 16.6. The van der Waals surface area contributed by atoms with E-state index in [0.717, 1.165) is 64.2 Å². The predicted octanol–water partition coefficient (Wildman–Crippen LogP) is 22.4. The summed E-state index contributed by atoms with van der Waals surface area (Å²) >= 11 is 0. The van der Waals surface area contributed by atoms with E-state index in [1.54, 1.807) is 0 Å². The lowest BCUT2D eigenvalue weighted by Gasteiger charge is -2.18. The summed E-state index contributed by atoms with van der Waals surface area (Å²) in [5.74, 6) is -0.850. The Hall–Kier alpha value is -2.37. The molecule has 0 heterocycles. The highest BCUT2D eigenvalue weighted by Gasteiger charge is 2.19. The first kappa shape index (κ1) is 71.6. The fourth-order valence-corrected chi connectivity index (χ4v) is 9.88. The average Bonchev–Trinajstić information content (AvgIpc) is 3.40. The number of esters is 3. The maximum Gasteiger partial charge on any atom is 0.306 e. The normalized spacial score (nSPS) is 12.2. The highest BCUT2D eigenvalue weighted by Crippen LogP contribution is 2.18. The van der Waals surface area contributed by atoms with E-state index >= 15 is 0 Å². The van der Waals surface area contributed by atoms with Crippen LogP contribution in [0.3, 0.4) is 0 Å². The molecule has 6 nitrogen and oxygen atoms in total. The van der Waals surface area contributed by atoms with Crippen LogP contribution in [0.5, 0.6) is 0 Å². The Labute approximate surface area is 461 Å². The van der Waals surface area contributed by atoms with Gasteiger partial charge in [0.25, 0.3) is 0 Å². The summed E-state index contributed by atoms with van der Waals surface area (Å²) in [5.41, 5.74) is 0. The Kier molecular flexibility index (Phi) is 61.1. The van der Waals surface area contributed by atoms with Crippen LogP contribution in [0.15, 0.2) is 36.5 Å². The summed E-state index contributed by atoms with van der Waals surface area (Å²) in [6.45, 7) is 6.67. The number of carbonyl (C=O) groups is 3. The Morgan fingerprint density at radius 3 is 0.784 bits per heavy atom. The standard InChI is InChI=1S/C68H126O6/c1-4-7-10-13-16-19-22-25-28-31-34-37-40-43-46-49-52-55-58-61-67(70)73-64-65(63-72-66(69)60-57-54-51-48-45-42-39-36-33-30-27-24-21-18-15-12-9-6-3)74-68(71)62-59-56-53-50-47-44-41-38-35-32-29-26-23-20-17-14-11-8-5-2/h16,19,25-26,28-29,65H,4-15,17-18,20-24,27,30-64H2,1-3H3/b19-16+,28-25+,29-26+/t65-/m1/s1. The molecule has 0 aromatic carbocycles. The maximum absolute atomic E-state index is 12.9. The number of unbranched alkanes of at least 4 members (excludes halogenated alkanes) is 44. The molecule has 74 heavy (non-hydrogen) atoms. The Morgan fingerprint density at radius 1 is 0.270 bits per heavy atom. The zero-order valence-corrected chi connectivity index (χ0v) is 49.9. The van der Waals surface area contributed by atoms with Gasteiger partial charge in [-0.05, 0) is 77.0 Å². The van der Waals surface area contributed by atoms with E-state index in [2.05, 4.69) is 57.2 Å². The molecule has 0 amide bonds. The van der Waals surface area contributed by atoms with E-state index in [1.165, 1.54) is 257 Å². The minimum absolute atomic E-state index is 0.0695. The lowest BCUT2D eigenvalue weighted by atomic mass is 10.0. The largest absolute Gasteiger partial charge is 0.462 e. The third-order valence-corrected chi connectivity index (χ3v) is 14.9. The third kappa shape index (κ3) is 60.5. The van der Waals surface area contributed by atoms with Crippen molar-refractivity contribution in [2.24, 2.45) is 0 Å². The molecule has 0 saturated carbocycles. The van der Waals surface area contributed by atoms with Gasteiger partial charge in [-0.3, -0.25) is 14.4 Å². The van der Waals surface area contributed by atoms with E-state index in [1.807, 2.05) is 0 Å². The molecule has 0 unspecified atom stereocenters. The first-order valence-electron chi connectivity index (χ1n) is 33.0. The van der Waals surface area contributed by atoms with Crippen molar-refractivity contribution in [1.82, 2.24) is 0 Å². The van der Waals surface area contributed by atoms with Crippen LogP contribution in [-0.2, 0) is 28.6 Å². The molecule has 0 spiro atoms. The van der Waals surface area contributed by atoms with Crippen LogP contribution >= 0.6 is 0 Å². The Bertz CT molecular complexity index is 1240. The van der Waals surface area contributed by atoms with Crippen LogP contribution in [0.25, 0.3) is 0 Å². The van der Waals surface area contributed by atoms with Gasteiger partial charge >= 0.3 is 17.9 Å². The van der Waals surface area contributed by atoms with E-state index < -0.39 is 6.10 Å². The summed E-state index contributed by atoms with van der Waals surface area (Å²) < 4.78 is 17.0. The van der Waals surface area contributed by atoms with Gasteiger partial charge in [-0.2, -0.15) is 0 Å². The average molecular weight is 1040 g/mol. The third-order valence-electron chi connectivity index (χ3n) is 14.9. The Balaban J connectivity index is 4.33. The molecule has 0 radical (unpaired) electrons. The first-order chi connectivity index (χ1) is 36.5. The minimum Gasteiger partial charge on any atom is -0.462 e. The first-order valence-corrected chi connectivity index (χ1v) is 33.0. The molecule has 0 aromatic rings. The lowest BCUT2D eigenvalue weighted by Crippen LogP contribution is -2.30. The van der Waals surface area contributed by atoms with Gasteiger partial charge in [0.05, 0.1) is 0 Å². The van der Waals surface area contributed by atoms with Gasteiger partial charge < -0.3 is 14.2 Å². The maximum atomic E-state index is 12.9. The SMILES string of the molecule is CCCCC/C=C/C/C=C/CCCCCCCCCCCC(=O)OC[C@@H](COC(=O)CCCCCCCCCCCCCCCCCCCC)OC(=O)CCCCCCCCCCC/C=C/CCCCCCCC. The van der Waals surface area contributed by atoms with Crippen LogP contribution in [0.1, 0.15) is 361 Å². The summed E-state index contributed by atoms with van der Waals surface area (Å²) in [5, 5.41) is 0. The predicted molar refractivity (Wildman–Crippen MR) is 321 cm³/mol. The minimum atomic E-state index is -0.773. The molecule has 0 fully saturated rings. The van der Waals surface area contributed by atoms with Gasteiger partial charge in [0.2, 0.25) is 0 Å². The van der Waals surface area contributed by atoms with Crippen LogP contribution in [0, 0.1) is 0 Å². The van der Waals surface area contributed by atoms with Crippen molar-refractivity contribution in [3.8, 4) is 0 Å². The molecular weight excluding hydrogens is 913 g/mol. The van der Waals surface area contributed by atoms with Crippen molar-refractivity contribution in [3.63, 3.8) is 0 Å². The zero-order chi connectivity index (χ0) is 53.6. The molecule has 0 aromatic heterocycles. The molecule has 0 aliphatic carbocycles. The second-order valence-corrected chi connectivity index (χ2v) is 22.4. The van der Waals surface area contributed by atoms with Crippen LogP contribution in [-0.4, -0.2) is 37.2 Å². The van der Waals surface area contributed by atoms with Crippen molar-refractivity contribution in [2.75, 3.05) is 13.2 Å². The molecule has 0 N–H and O–H groups in total. The van der Waals surface area contributed by atoms with Crippen LogP contribution in [0.2, 0.25) is 0 Å². The van der Waals surface area contributed by atoms with Crippen molar-refractivity contribution >= 4 is 17.9 Å². The molecule has 0 aliphatic rings. The van der Waals surface area contributed by atoms with E-state index in [0.29, 0.717) is 19.3 Å². The van der Waals surface area contributed by atoms with Gasteiger partial charge in [-0.25, -0.2) is 0 Å². The highest BCUT2D eigenvalue weighted by molar-refractivity contribution is 5.71. The number of carbonyl (C=O) groups excluding carboxylic acids is 3. The van der Waals surface area contributed by atoms with Crippen LogP contribution < -0.4 is 0 Å². The monoisotopic (exact) mass is 1040 g/mol. The second-order valence-electron chi connectivity index (χ2n) is 22.4. The van der Waals surface area contributed by atoms with E-state index in [9.17, 15) is 14.4 Å². The fraction of sp³-hybridized carbons (Fsp3) is 0.868. The number of hydrogen-bond donors (Lipinski definition) is 0. The summed E-state index contributed by atoms with van der Waals surface area (Å²) in [6, 6.07) is 0. The summed E-state index contributed by atoms with van der Waals surface area (Å²) in [6.07, 6.45) is 77.2. The molecular formula is C68H126O6. The summed E-state index contributed by atoms with van der Waals surface area (Å²) in [7, 11) is 0. The molecule has 1 atom stereocenters. The second kappa shape index (κ2) is 63.2. The van der Waals surface area contributed by atoms with Gasteiger partial charge in [0.15, 0.2) is 6.10 Å². The smallest absolute Gasteiger partial charge is 0.306 e. The van der Waals surface area contributed by atoms with E-state index in [4.69, 9.17) is 14.2 Å². The number of rotatable bonds is 61. The molecule has 0 saturated heterocycles. The summed E-state index contributed by atoms with van der Waals surface area (Å²) in [4.78, 5) is 38.4. The lowest BCUT2D eigenvalue weighted by molar-refractivity contribution is -0.167. The van der Waals surface area contributed by atoms with Gasteiger partial charge in [-0.15, -0.1) is 0 Å². The van der Waals surface area contributed by atoms with Crippen molar-refractivity contribution in [3.05, 3.63) is 36.5 Å². The van der Waals surface area contributed by atoms with Crippen LogP contribution in [0.4, 0.5) is 0 Å². The van der Waals surface area contributed by atoms with E-state index in [-0.39, 0.29) is 31.1 Å². The number of hydrogen-bond acceptors (Lipinski definition) is 6. The molecule has 6 heteroatoms. The van der Waals surface area contributed by atoms with Crippen molar-refractivity contribution < 1.29 is 28.6 Å². The number of allylic oxidation sites excluding steroid dienone is 6. The zero-order valence-electron chi connectivity index (χ0n) is 49.9. The van der Waals surface area contributed by atoms with Gasteiger partial charge in [-0.1, -0.05) is 301 Å². The topological polar surface area (TPSA) is 78.9 Å². The number of ether oxygens (including phenoxy) is 3. The molecule has 0 aliphatic heterocycles. The van der Waals surface area contributed by atoms with Gasteiger partial charge in [0, 0.05) is 19.3 Å². The fourth-order valence-electron chi connectivity index (χ4n) is 9.88. The van der Waals surface area contributed by atoms with Crippen molar-refractivity contribution in [1.29, 1.82) is 0 Å². The molecule has 0 bridgehead atoms. The Morgan fingerprint density at radius 2 is 0.486 bits per heavy atom. The quantitative estimate of drug-likeness (QED) is 0.0261. The van der Waals surface area contributed by atoms with Crippen molar-refractivity contribution in [2.45, 2.75) is 367 Å². The van der Waals surface area contributed by atoms with Gasteiger partial charge in [0.1, 0.15) is 13.2 Å². The molecule has 434 valence electrons. The molecule has 0 rings (SSSR count).